The number of thiophene rings is 1. The number of ketones is 1. The number of Topliss-reactive ketones (excluding diaryl/α,β-unsaturated/α-hetero) is 1. The molecule has 2 aliphatic heterocycles. The lowest BCUT2D eigenvalue weighted by Crippen LogP contribution is -2.33. The van der Waals surface area contributed by atoms with Gasteiger partial charge in [-0.2, -0.15) is 0 Å². The highest BCUT2D eigenvalue weighted by molar-refractivity contribution is 7.19. The molecule has 158 valence electrons. The van der Waals surface area contributed by atoms with E-state index >= 15 is 0 Å². The highest BCUT2D eigenvalue weighted by Crippen LogP contribution is 2.51. The smallest absolute Gasteiger partial charge is 0.162 e. The van der Waals surface area contributed by atoms with Gasteiger partial charge in [0, 0.05) is 51.7 Å². The molecule has 0 radical (unpaired) electrons. The maximum absolute atomic E-state index is 13.4. The van der Waals surface area contributed by atoms with Crippen molar-refractivity contribution in [2.24, 2.45) is 5.41 Å². The first kappa shape index (κ1) is 19.1. The SMILES string of the molecule is CC1(C)CC(=O)C2=C(C1)Nc1cc(N3CCCC3)ccc1C2c1cc2ccccc2s1. The van der Waals surface area contributed by atoms with Crippen LogP contribution in [0.2, 0.25) is 0 Å². The van der Waals surface area contributed by atoms with Crippen LogP contribution in [-0.4, -0.2) is 18.9 Å². The third-order valence-electron chi connectivity index (χ3n) is 7.04. The molecule has 0 bridgehead atoms. The number of nitrogens with one attached hydrogen (secondary N) is 1. The molecule has 3 heterocycles. The molecule has 2 aromatic carbocycles. The van der Waals surface area contributed by atoms with Gasteiger partial charge in [0.1, 0.15) is 0 Å². The van der Waals surface area contributed by atoms with Crippen molar-refractivity contribution in [2.45, 2.75) is 45.4 Å². The molecule has 31 heavy (non-hydrogen) atoms. The second-order valence-electron chi connectivity index (χ2n) is 10.0. The zero-order chi connectivity index (χ0) is 21.2. The Morgan fingerprint density at radius 1 is 1.03 bits per heavy atom. The highest BCUT2D eigenvalue weighted by atomic mass is 32.1. The van der Waals surface area contributed by atoms with Crippen LogP contribution < -0.4 is 10.2 Å². The standard InChI is InChI=1S/C27H28N2OS/c1-27(2)15-21-26(22(30)16-27)25(24-13-17-7-3-4-8-23(17)31-24)19-10-9-18(14-20(19)28-21)29-11-5-6-12-29/h3-4,7-10,13-14,25,28H,5-6,11-12,15-16H2,1-2H3. The van der Waals surface area contributed by atoms with Gasteiger partial charge in [0.2, 0.25) is 0 Å². The number of anilines is 2. The van der Waals surface area contributed by atoms with E-state index in [-0.39, 0.29) is 11.3 Å². The molecular formula is C27H28N2OS. The number of allylic oxidation sites excluding steroid dienone is 2. The van der Waals surface area contributed by atoms with Gasteiger partial charge < -0.3 is 10.2 Å². The van der Waals surface area contributed by atoms with E-state index in [2.05, 4.69) is 72.6 Å². The van der Waals surface area contributed by atoms with E-state index in [4.69, 9.17) is 0 Å². The summed E-state index contributed by atoms with van der Waals surface area (Å²) in [5.74, 6) is 0.329. The molecule has 1 N–H and O–H groups in total. The molecule has 1 aromatic heterocycles. The maximum Gasteiger partial charge on any atom is 0.162 e. The van der Waals surface area contributed by atoms with Crippen molar-refractivity contribution >= 4 is 38.6 Å². The zero-order valence-corrected chi connectivity index (χ0v) is 19.0. The van der Waals surface area contributed by atoms with Crippen molar-refractivity contribution in [3.63, 3.8) is 0 Å². The van der Waals surface area contributed by atoms with E-state index < -0.39 is 0 Å². The van der Waals surface area contributed by atoms with Crippen molar-refractivity contribution < 1.29 is 4.79 Å². The van der Waals surface area contributed by atoms with Gasteiger partial charge in [-0.05, 0) is 59.9 Å². The second kappa shape index (κ2) is 6.96. The van der Waals surface area contributed by atoms with E-state index in [0.717, 1.165) is 30.8 Å². The fraction of sp³-hybridized carbons (Fsp3) is 0.370. The molecule has 6 rings (SSSR count). The summed E-state index contributed by atoms with van der Waals surface area (Å²) in [7, 11) is 0. The van der Waals surface area contributed by atoms with Crippen LogP contribution in [0, 0.1) is 5.41 Å². The Morgan fingerprint density at radius 3 is 2.65 bits per heavy atom. The van der Waals surface area contributed by atoms with Gasteiger partial charge in [0.15, 0.2) is 5.78 Å². The summed E-state index contributed by atoms with van der Waals surface area (Å²) in [6.07, 6.45) is 4.08. The molecule has 4 heteroatoms. The van der Waals surface area contributed by atoms with Gasteiger partial charge in [-0.1, -0.05) is 38.1 Å². The van der Waals surface area contributed by atoms with Crippen LogP contribution in [0.3, 0.4) is 0 Å². The molecular weight excluding hydrogens is 400 g/mol. The Labute approximate surface area is 187 Å². The quantitative estimate of drug-likeness (QED) is 0.493. The number of carbonyl (C=O) groups is 1. The summed E-state index contributed by atoms with van der Waals surface area (Å²) in [5, 5.41) is 4.98. The van der Waals surface area contributed by atoms with E-state index in [1.165, 1.54) is 44.7 Å². The first-order chi connectivity index (χ1) is 15.0. The molecule has 0 amide bonds. The zero-order valence-electron chi connectivity index (χ0n) is 18.2. The van der Waals surface area contributed by atoms with Crippen LogP contribution in [-0.2, 0) is 4.79 Å². The lowest BCUT2D eigenvalue weighted by molar-refractivity contribution is -0.118. The topological polar surface area (TPSA) is 32.3 Å². The second-order valence-corrected chi connectivity index (χ2v) is 11.2. The number of fused-ring (bicyclic) bond motifs is 2. The largest absolute Gasteiger partial charge is 0.371 e. The van der Waals surface area contributed by atoms with Gasteiger partial charge >= 0.3 is 0 Å². The van der Waals surface area contributed by atoms with Crippen LogP contribution in [0.5, 0.6) is 0 Å². The monoisotopic (exact) mass is 428 g/mol. The molecule has 3 aromatic rings. The molecule has 1 atom stereocenters. The third kappa shape index (κ3) is 3.20. The first-order valence-electron chi connectivity index (χ1n) is 11.4. The van der Waals surface area contributed by atoms with Gasteiger partial charge in [0.05, 0.1) is 5.92 Å². The van der Waals surface area contributed by atoms with E-state index in [1.54, 1.807) is 0 Å². The predicted octanol–water partition coefficient (Wildman–Crippen LogP) is 6.70. The van der Waals surface area contributed by atoms with Gasteiger partial charge in [-0.25, -0.2) is 0 Å². The number of hydrogen-bond donors (Lipinski definition) is 1. The van der Waals surface area contributed by atoms with Crippen LogP contribution in [0.15, 0.2) is 59.8 Å². The highest BCUT2D eigenvalue weighted by Gasteiger charge is 2.41. The number of rotatable bonds is 2. The van der Waals surface area contributed by atoms with Crippen molar-refractivity contribution in [1.29, 1.82) is 0 Å². The molecule has 0 spiro atoms. The maximum atomic E-state index is 13.4. The Morgan fingerprint density at radius 2 is 1.84 bits per heavy atom. The summed E-state index contributed by atoms with van der Waals surface area (Å²) in [6.45, 7) is 6.69. The summed E-state index contributed by atoms with van der Waals surface area (Å²) < 4.78 is 1.29. The molecule has 1 aliphatic carbocycles. The van der Waals surface area contributed by atoms with Crippen LogP contribution >= 0.6 is 11.3 Å². The van der Waals surface area contributed by atoms with Crippen molar-refractivity contribution in [3.05, 3.63) is 70.2 Å². The van der Waals surface area contributed by atoms with E-state index in [0.29, 0.717) is 12.2 Å². The number of hydrogen-bond acceptors (Lipinski definition) is 4. The normalized spacial score (nSPS) is 22.5. The first-order valence-corrected chi connectivity index (χ1v) is 12.2. The molecule has 1 unspecified atom stereocenters. The fourth-order valence-corrected chi connectivity index (χ4v) is 6.81. The minimum absolute atomic E-state index is 0.00229. The lowest BCUT2D eigenvalue weighted by Gasteiger charge is -2.39. The molecule has 3 aliphatic rings. The molecule has 0 saturated carbocycles. The molecule has 3 nitrogen and oxygen atoms in total. The summed E-state index contributed by atoms with van der Waals surface area (Å²) in [4.78, 5) is 17.2. The van der Waals surface area contributed by atoms with Crippen LogP contribution in [0.4, 0.5) is 11.4 Å². The Balaban J connectivity index is 1.52. The minimum atomic E-state index is -0.00229. The number of carbonyl (C=O) groups excluding carboxylic acids is 1. The number of nitrogens with zero attached hydrogens (tertiary/aromatic N) is 1. The van der Waals surface area contributed by atoms with Gasteiger partial charge in [-0.3, -0.25) is 4.79 Å². The van der Waals surface area contributed by atoms with Gasteiger partial charge in [-0.15, -0.1) is 11.3 Å². The average molecular weight is 429 g/mol. The molecule has 1 saturated heterocycles. The van der Waals surface area contributed by atoms with E-state index in [9.17, 15) is 4.79 Å². The van der Waals surface area contributed by atoms with E-state index in [1.807, 2.05) is 11.3 Å². The van der Waals surface area contributed by atoms with Crippen molar-refractivity contribution in [2.75, 3.05) is 23.3 Å². The van der Waals surface area contributed by atoms with Crippen molar-refractivity contribution in [3.8, 4) is 0 Å². The Bertz CT molecular complexity index is 1200. The third-order valence-corrected chi connectivity index (χ3v) is 8.22. The molecule has 1 fully saturated rings. The summed E-state index contributed by atoms with van der Waals surface area (Å²) in [5.41, 5.74) is 5.83. The number of benzene rings is 2. The lowest BCUT2D eigenvalue weighted by atomic mass is 9.70. The van der Waals surface area contributed by atoms with Crippen LogP contribution in [0.1, 0.15) is 55.9 Å². The minimum Gasteiger partial charge on any atom is -0.371 e. The fourth-order valence-electron chi connectivity index (χ4n) is 5.62. The summed E-state index contributed by atoms with van der Waals surface area (Å²) >= 11 is 1.83. The Kier molecular flexibility index (Phi) is 4.29. The van der Waals surface area contributed by atoms with Gasteiger partial charge in [0.25, 0.3) is 0 Å². The predicted molar refractivity (Wildman–Crippen MR) is 130 cm³/mol. The van der Waals surface area contributed by atoms with Crippen LogP contribution in [0.25, 0.3) is 10.1 Å². The summed E-state index contributed by atoms with van der Waals surface area (Å²) in [6, 6.07) is 17.7. The Hall–Kier alpha value is -2.59. The average Bonchev–Trinajstić information content (AvgIpc) is 3.40. The van der Waals surface area contributed by atoms with Crippen molar-refractivity contribution in [1.82, 2.24) is 0 Å².